The molecule has 12 heteroatoms. The molecule has 1 fully saturated rings. The number of carboxylic acid groups (broad SMARTS) is 1. The lowest BCUT2D eigenvalue weighted by Gasteiger charge is -2.40. The standard InChI is InChI=1S/C63H96O12/c1-4-7-10-13-16-19-22-25-28-31-34-37-40-43-46-49-55(64)71-52-54(73-56(65)50-47-44-41-38-35-32-29-26-23-20-17-14-11-8-5-2)53-72-63-61(59(68)58(67)60(75-63)62(69)70)74-57(66)51-48-45-42-39-36-33-30-27-24-21-18-15-12-9-6-3/h7,9-10,12,16-21,25-30,34,36-37,39,43,46,54,58-61,63,67-68H,4-6,8,11,13-15,22-24,31-33,35,38,40-42,44-45,47-53H2,1-3H3,(H,69,70)/b10-7-,12-9-,19-16-,20-17-,21-18-,28-25-,29-26-,30-27-,37-34-,39-36-,46-43-. The molecule has 6 atom stereocenters. The van der Waals surface area contributed by atoms with Gasteiger partial charge in [-0.15, -0.1) is 0 Å². The van der Waals surface area contributed by atoms with Gasteiger partial charge in [0.25, 0.3) is 0 Å². The molecule has 0 aromatic rings. The molecule has 0 aliphatic carbocycles. The molecule has 0 amide bonds. The van der Waals surface area contributed by atoms with E-state index in [9.17, 15) is 34.5 Å². The first-order valence-corrected chi connectivity index (χ1v) is 28.2. The zero-order chi connectivity index (χ0) is 54.7. The molecule has 1 rings (SSSR count). The molecule has 0 aromatic carbocycles. The number of carbonyl (C=O) groups is 4. The van der Waals surface area contributed by atoms with E-state index in [1.54, 1.807) is 6.08 Å². The summed E-state index contributed by atoms with van der Waals surface area (Å²) in [6, 6.07) is 0. The number of allylic oxidation sites excluding steroid dienone is 21. The van der Waals surface area contributed by atoms with Crippen LogP contribution >= 0.6 is 0 Å². The van der Waals surface area contributed by atoms with E-state index in [4.69, 9.17) is 23.7 Å². The third-order valence-electron chi connectivity index (χ3n) is 11.7. The van der Waals surface area contributed by atoms with E-state index in [0.717, 1.165) is 103 Å². The number of carboxylic acids is 1. The van der Waals surface area contributed by atoms with Gasteiger partial charge < -0.3 is 39.0 Å². The summed E-state index contributed by atoms with van der Waals surface area (Å²) in [4.78, 5) is 51.0. The second-order valence-corrected chi connectivity index (χ2v) is 18.5. The fourth-order valence-electron chi connectivity index (χ4n) is 7.46. The molecular weight excluding hydrogens is 949 g/mol. The Hall–Kier alpha value is -5.14. The second-order valence-electron chi connectivity index (χ2n) is 18.5. The number of hydrogen-bond acceptors (Lipinski definition) is 11. The Labute approximate surface area is 451 Å². The third-order valence-corrected chi connectivity index (χ3v) is 11.7. The summed E-state index contributed by atoms with van der Waals surface area (Å²) in [6.45, 7) is 5.59. The fourth-order valence-corrected chi connectivity index (χ4v) is 7.46. The molecule has 0 saturated carbocycles. The van der Waals surface area contributed by atoms with E-state index >= 15 is 0 Å². The molecule has 0 spiro atoms. The van der Waals surface area contributed by atoms with Crippen molar-refractivity contribution >= 4 is 23.9 Å². The lowest BCUT2D eigenvalue weighted by molar-refractivity contribution is -0.301. The van der Waals surface area contributed by atoms with Gasteiger partial charge in [0, 0.05) is 12.8 Å². The Morgan fingerprint density at radius 1 is 0.467 bits per heavy atom. The molecule has 0 radical (unpaired) electrons. The molecule has 6 unspecified atom stereocenters. The molecule has 75 heavy (non-hydrogen) atoms. The number of aliphatic hydroxyl groups excluding tert-OH is 2. The van der Waals surface area contributed by atoms with Crippen LogP contribution in [0.25, 0.3) is 0 Å². The number of ether oxygens (including phenoxy) is 5. The van der Waals surface area contributed by atoms with Crippen LogP contribution in [0.15, 0.2) is 134 Å². The number of unbranched alkanes of at least 4 members (excludes halogenated alkanes) is 10. The second kappa shape index (κ2) is 49.7. The molecule has 0 aromatic heterocycles. The lowest BCUT2D eigenvalue weighted by Crippen LogP contribution is -2.61. The van der Waals surface area contributed by atoms with Gasteiger partial charge in [-0.05, 0) is 116 Å². The highest BCUT2D eigenvalue weighted by Gasteiger charge is 2.50. The number of hydrogen-bond donors (Lipinski definition) is 3. The molecule has 12 nitrogen and oxygen atoms in total. The largest absolute Gasteiger partial charge is 0.479 e. The number of carbonyl (C=O) groups excluding carboxylic acids is 3. The van der Waals surface area contributed by atoms with Crippen LogP contribution in [0.2, 0.25) is 0 Å². The first-order chi connectivity index (χ1) is 36.6. The van der Waals surface area contributed by atoms with Crippen molar-refractivity contribution in [1.82, 2.24) is 0 Å². The monoisotopic (exact) mass is 1040 g/mol. The van der Waals surface area contributed by atoms with Crippen LogP contribution in [0.3, 0.4) is 0 Å². The molecular formula is C63H96O12. The van der Waals surface area contributed by atoms with E-state index in [2.05, 4.69) is 136 Å². The van der Waals surface area contributed by atoms with Gasteiger partial charge in [-0.2, -0.15) is 0 Å². The Kier molecular flexibility index (Phi) is 45.0. The summed E-state index contributed by atoms with van der Waals surface area (Å²) in [7, 11) is 0. The van der Waals surface area contributed by atoms with Crippen LogP contribution in [0.4, 0.5) is 0 Å². The predicted molar refractivity (Wildman–Crippen MR) is 303 cm³/mol. The van der Waals surface area contributed by atoms with Gasteiger partial charge in [-0.3, -0.25) is 14.4 Å². The Morgan fingerprint density at radius 2 is 0.880 bits per heavy atom. The normalized spacial score (nSPS) is 19.2. The highest BCUT2D eigenvalue weighted by Crippen LogP contribution is 2.26. The highest BCUT2D eigenvalue weighted by molar-refractivity contribution is 5.74. The SMILES string of the molecule is CC/C=C\C/C=C\C/C=C\C/C=C\C/C=C\CC(=O)OCC(COC1OC(C(=O)O)C(O)C(O)C1OC(=O)CCCC/C=C\C/C=C\C/C=C\C/C=C\CC)OC(=O)CCCCCCC/C=C\C/C=C\CCCCC. The van der Waals surface area contributed by atoms with Gasteiger partial charge in [-0.1, -0.05) is 187 Å². The Bertz CT molecular complexity index is 1810. The van der Waals surface area contributed by atoms with Crippen molar-refractivity contribution in [2.24, 2.45) is 0 Å². The van der Waals surface area contributed by atoms with E-state index < -0.39 is 67.3 Å². The topological polar surface area (TPSA) is 175 Å². The van der Waals surface area contributed by atoms with Gasteiger partial charge in [0.1, 0.15) is 18.8 Å². The molecule has 1 saturated heterocycles. The molecule has 420 valence electrons. The molecule has 3 N–H and O–H groups in total. The Morgan fingerprint density at radius 3 is 1.37 bits per heavy atom. The zero-order valence-electron chi connectivity index (χ0n) is 46.0. The maximum atomic E-state index is 13.1. The summed E-state index contributed by atoms with van der Waals surface area (Å²) in [6.07, 6.45) is 57.4. The summed E-state index contributed by atoms with van der Waals surface area (Å²) in [5.74, 6) is -3.38. The first-order valence-electron chi connectivity index (χ1n) is 28.2. The van der Waals surface area contributed by atoms with E-state index in [1.165, 1.54) is 19.3 Å². The number of rotatable bonds is 45. The number of aliphatic hydroxyl groups is 2. The number of aliphatic carboxylic acids is 1. The van der Waals surface area contributed by atoms with Crippen molar-refractivity contribution in [2.75, 3.05) is 13.2 Å². The summed E-state index contributed by atoms with van der Waals surface area (Å²) >= 11 is 0. The van der Waals surface area contributed by atoms with Crippen LogP contribution in [-0.4, -0.2) is 89.2 Å². The van der Waals surface area contributed by atoms with Crippen molar-refractivity contribution in [1.29, 1.82) is 0 Å². The smallest absolute Gasteiger partial charge is 0.335 e. The minimum atomic E-state index is -1.94. The summed E-state index contributed by atoms with van der Waals surface area (Å²) < 4.78 is 28.2. The minimum Gasteiger partial charge on any atom is -0.479 e. The van der Waals surface area contributed by atoms with E-state index in [-0.39, 0.29) is 25.9 Å². The van der Waals surface area contributed by atoms with Crippen LogP contribution in [0.1, 0.15) is 188 Å². The van der Waals surface area contributed by atoms with E-state index in [1.807, 2.05) is 12.2 Å². The van der Waals surface area contributed by atoms with Crippen LogP contribution in [-0.2, 0) is 42.9 Å². The van der Waals surface area contributed by atoms with Crippen LogP contribution < -0.4 is 0 Å². The average molecular weight is 1050 g/mol. The average Bonchev–Trinajstić information content (AvgIpc) is 3.39. The molecule has 0 bridgehead atoms. The van der Waals surface area contributed by atoms with Gasteiger partial charge in [-0.25, -0.2) is 4.79 Å². The van der Waals surface area contributed by atoms with Gasteiger partial charge in [0.05, 0.1) is 13.0 Å². The molecule has 1 aliphatic heterocycles. The molecule has 1 heterocycles. The van der Waals surface area contributed by atoms with Crippen molar-refractivity contribution < 1.29 is 58.2 Å². The van der Waals surface area contributed by atoms with Gasteiger partial charge >= 0.3 is 23.9 Å². The van der Waals surface area contributed by atoms with Crippen molar-refractivity contribution in [3.63, 3.8) is 0 Å². The maximum Gasteiger partial charge on any atom is 0.335 e. The summed E-state index contributed by atoms with van der Waals surface area (Å²) in [5.41, 5.74) is 0. The lowest BCUT2D eigenvalue weighted by atomic mass is 9.98. The fraction of sp³-hybridized carbons (Fsp3) is 0.587. The van der Waals surface area contributed by atoms with Gasteiger partial charge in [0.15, 0.2) is 24.6 Å². The predicted octanol–water partition coefficient (Wildman–Crippen LogP) is 14.2. The third kappa shape index (κ3) is 39.9. The van der Waals surface area contributed by atoms with E-state index in [0.29, 0.717) is 25.7 Å². The zero-order valence-corrected chi connectivity index (χ0v) is 46.0. The van der Waals surface area contributed by atoms with Gasteiger partial charge in [0.2, 0.25) is 0 Å². The van der Waals surface area contributed by atoms with Crippen molar-refractivity contribution in [2.45, 2.75) is 225 Å². The van der Waals surface area contributed by atoms with Crippen LogP contribution in [0.5, 0.6) is 0 Å². The maximum absolute atomic E-state index is 13.1. The first kappa shape index (κ1) is 67.9. The van der Waals surface area contributed by atoms with Crippen LogP contribution in [0, 0.1) is 0 Å². The molecule has 1 aliphatic rings. The minimum absolute atomic E-state index is 0.00975. The number of esters is 3. The van der Waals surface area contributed by atoms with Crippen molar-refractivity contribution in [3.05, 3.63) is 134 Å². The summed E-state index contributed by atoms with van der Waals surface area (Å²) in [5, 5.41) is 31.4. The highest BCUT2D eigenvalue weighted by atomic mass is 16.7. The van der Waals surface area contributed by atoms with Crippen molar-refractivity contribution in [3.8, 4) is 0 Å². The Balaban J connectivity index is 2.81. The quantitative estimate of drug-likeness (QED) is 0.0228.